The van der Waals surface area contributed by atoms with Crippen LogP contribution in [-0.2, 0) is 26.0 Å². The lowest BCUT2D eigenvalue weighted by atomic mass is 10.0. The van der Waals surface area contributed by atoms with Crippen LogP contribution in [0.1, 0.15) is 18.1 Å². The summed E-state index contributed by atoms with van der Waals surface area (Å²) in [6, 6.07) is 5.92. The number of benzene rings is 1. The van der Waals surface area contributed by atoms with Crippen molar-refractivity contribution in [1.29, 1.82) is 0 Å². The Hall–Kier alpha value is -2.32. The predicted molar refractivity (Wildman–Crippen MR) is 104 cm³/mol. The van der Waals surface area contributed by atoms with Crippen LogP contribution in [-0.4, -0.2) is 39.1 Å². The monoisotopic (exact) mass is 409 g/mol. The highest BCUT2D eigenvalue weighted by Gasteiger charge is 2.34. The highest BCUT2D eigenvalue weighted by atomic mass is 35.5. The van der Waals surface area contributed by atoms with Gasteiger partial charge in [-0.3, -0.25) is 4.31 Å². The van der Waals surface area contributed by atoms with E-state index >= 15 is 0 Å². The Labute approximate surface area is 163 Å². The molecule has 0 saturated carbocycles. The van der Waals surface area contributed by atoms with Gasteiger partial charge >= 0.3 is 5.97 Å². The summed E-state index contributed by atoms with van der Waals surface area (Å²) in [7, 11) is -2.47. The molecule has 0 spiro atoms. The van der Waals surface area contributed by atoms with Gasteiger partial charge in [-0.2, -0.15) is 0 Å². The smallest absolute Gasteiger partial charge is 0.328 e. The van der Waals surface area contributed by atoms with Gasteiger partial charge in [-0.15, -0.1) is 0 Å². The van der Waals surface area contributed by atoms with Crippen molar-refractivity contribution in [3.63, 3.8) is 0 Å². The molecule has 0 amide bonds. The average Bonchev–Trinajstić information content (AvgIpc) is 3.08. The molecule has 27 heavy (non-hydrogen) atoms. The molecule has 1 aromatic heterocycles. The number of pyridine rings is 1. The van der Waals surface area contributed by atoms with Crippen molar-refractivity contribution >= 4 is 39.0 Å². The molecule has 1 unspecified atom stereocenters. The molecule has 1 atom stereocenters. The number of aromatic nitrogens is 1. The van der Waals surface area contributed by atoms with Crippen molar-refractivity contribution in [3.8, 4) is 0 Å². The number of halogens is 1. The fraction of sp³-hybridized carbons (Fsp3) is 0.333. The summed E-state index contributed by atoms with van der Waals surface area (Å²) in [4.78, 5) is 15.9. The number of carbonyl (C=O) groups is 1. The molecule has 1 aliphatic heterocycles. The van der Waals surface area contributed by atoms with E-state index < -0.39 is 16.1 Å². The number of carbonyl (C=O) groups excluding carboxylic acids is 1. The van der Waals surface area contributed by atoms with Crippen molar-refractivity contribution in [3.05, 3.63) is 46.7 Å². The Kier molecular flexibility index (Phi) is 5.30. The van der Waals surface area contributed by atoms with Crippen molar-refractivity contribution in [2.24, 2.45) is 0 Å². The van der Waals surface area contributed by atoms with Crippen LogP contribution < -0.4 is 9.62 Å². The van der Waals surface area contributed by atoms with E-state index in [9.17, 15) is 13.2 Å². The lowest BCUT2D eigenvalue weighted by Crippen LogP contribution is -2.30. The Morgan fingerprint density at radius 3 is 2.81 bits per heavy atom. The SMILES string of the molecule is CCOC(=O)C1Cc2c(C)ccc(N(C)S(=O)(=O)c3cccnc3Cl)c2N1. The summed E-state index contributed by atoms with van der Waals surface area (Å²) in [5.41, 5.74) is 2.91. The number of hydrogen-bond acceptors (Lipinski definition) is 6. The Balaban J connectivity index is 2.02. The van der Waals surface area contributed by atoms with Crippen LogP contribution in [0.5, 0.6) is 0 Å². The van der Waals surface area contributed by atoms with Crippen molar-refractivity contribution in [2.45, 2.75) is 31.2 Å². The number of nitrogens with zero attached hydrogens (tertiary/aromatic N) is 2. The highest BCUT2D eigenvalue weighted by molar-refractivity contribution is 7.93. The van der Waals surface area contributed by atoms with Crippen molar-refractivity contribution in [1.82, 2.24) is 4.98 Å². The third-order valence-electron chi connectivity index (χ3n) is 4.53. The third-order valence-corrected chi connectivity index (χ3v) is 6.74. The fourth-order valence-electron chi connectivity index (χ4n) is 3.08. The van der Waals surface area contributed by atoms with E-state index in [0.29, 0.717) is 17.8 Å². The molecule has 9 heteroatoms. The molecule has 0 bridgehead atoms. The van der Waals surface area contributed by atoms with Gasteiger partial charge in [-0.25, -0.2) is 18.2 Å². The number of sulfonamides is 1. The number of rotatable bonds is 5. The molecular formula is C18H20ClN3O4S. The lowest BCUT2D eigenvalue weighted by molar-refractivity contribution is -0.143. The van der Waals surface area contributed by atoms with E-state index in [-0.39, 0.29) is 22.6 Å². The molecular weight excluding hydrogens is 390 g/mol. The van der Waals surface area contributed by atoms with E-state index in [1.807, 2.05) is 13.0 Å². The average molecular weight is 410 g/mol. The molecule has 3 rings (SSSR count). The highest BCUT2D eigenvalue weighted by Crippen LogP contribution is 2.39. The van der Waals surface area contributed by atoms with Gasteiger partial charge in [0.15, 0.2) is 0 Å². The third kappa shape index (κ3) is 3.46. The lowest BCUT2D eigenvalue weighted by Gasteiger charge is -2.23. The van der Waals surface area contributed by atoms with E-state index in [0.717, 1.165) is 15.4 Å². The molecule has 0 aliphatic carbocycles. The quantitative estimate of drug-likeness (QED) is 0.603. The summed E-state index contributed by atoms with van der Waals surface area (Å²) in [6.45, 7) is 3.95. The summed E-state index contributed by atoms with van der Waals surface area (Å²) >= 11 is 5.99. The number of anilines is 2. The number of ether oxygens (including phenoxy) is 1. The molecule has 1 aliphatic rings. The van der Waals surface area contributed by atoms with Crippen molar-refractivity contribution in [2.75, 3.05) is 23.3 Å². The topological polar surface area (TPSA) is 88.6 Å². The molecule has 0 fully saturated rings. The molecule has 2 heterocycles. The Morgan fingerprint density at radius 2 is 2.15 bits per heavy atom. The van der Waals surface area contributed by atoms with E-state index in [1.165, 1.54) is 25.4 Å². The summed E-state index contributed by atoms with van der Waals surface area (Å²) in [5, 5.41) is 3.03. The first-order valence-corrected chi connectivity index (χ1v) is 10.2. The number of aryl methyl sites for hydroxylation is 1. The standard InChI is InChI=1S/C18H20ClN3O4S/c1-4-26-18(23)13-10-12-11(2)7-8-14(16(12)21-13)22(3)27(24,25)15-6-5-9-20-17(15)19/h5-9,13,21H,4,10H2,1-3H3. The molecule has 2 aromatic rings. The fourth-order valence-corrected chi connectivity index (χ4v) is 4.72. The minimum Gasteiger partial charge on any atom is -0.464 e. The first-order valence-electron chi connectivity index (χ1n) is 8.42. The van der Waals surface area contributed by atoms with Gasteiger partial charge < -0.3 is 10.1 Å². The van der Waals surface area contributed by atoms with Gasteiger partial charge in [0.1, 0.15) is 16.1 Å². The van der Waals surface area contributed by atoms with Crippen LogP contribution in [0.4, 0.5) is 11.4 Å². The zero-order chi connectivity index (χ0) is 19.8. The minimum absolute atomic E-state index is 0.0802. The van der Waals surface area contributed by atoms with Crippen LogP contribution in [0.2, 0.25) is 5.15 Å². The summed E-state index contributed by atoms with van der Waals surface area (Å²) < 4.78 is 32.3. The molecule has 0 radical (unpaired) electrons. The van der Waals surface area contributed by atoms with Crippen molar-refractivity contribution < 1.29 is 17.9 Å². The van der Waals surface area contributed by atoms with E-state index in [1.54, 1.807) is 13.0 Å². The van der Waals surface area contributed by atoms with Gasteiger partial charge in [0, 0.05) is 19.7 Å². The van der Waals surface area contributed by atoms with Gasteiger partial charge in [0.25, 0.3) is 10.0 Å². The second-order valence-electron chi connectivity index (χ2n) is 6.17. The van der Waals surface area contributed by atoms with Gasteiger partial charge in [-0.05, 0) is 43.2 Å². The first-order chi connectivity index (χ1) is 12.8. The minimum atomic E-state index is -3.92. The van der Waals surface area contributed by atoms with Crippen LogP contribution >= 0.6 is 11.6 Å². The number of hydrogen-bond donors (Lipinski definition) is 1. The van der Waals surface area contributed by atoms with Crippen LogP contribution in [0.15, 0.2) is 35.4 Å². The number of esters is 1. The van der Waals surface area contributed by atoms with Crippen LogP contribution in [0.3, 0.4) is 0 Å². The molecule has 1 aromatic carbocycles. The van der Waals surface area contributed by atoms with Crippen LogP contribution in [0, 0.1) is 6.92 Å². The van der Waals surface area contributed by atoms with Gasteiger partial charge in [0.2, 0.25) is 0 Å². The van der Waals surface area contributed by atoms with E-state index in [2.05, 4.69) is 10.3 Å². The normalized spacial score (nSPS) is 15.8. The van der Waals surface area contributed by atoms with Gasteiger partial charge in [0.05, 0.1) is 18.0 Å². The maximum Gasteiger partial charge on any atom is 0.328 e. The molecule has 1 N–H and O–H groups in total. The molecule has 144 valence electrons. The van der Waals surface area contributed by atoms with Crippen LogP contribution in [0.25, 0.3) is 0 Å². The maximum absolute atomic E-state index is 13.0. The second kappa shape index (κ2) is 7.36. The first kappa shape index (κ1) is 19.4. The summed E-state index contributed by atoms with van der Waals surface area (Å²) in [6.07, 6.45) is 1.87. The zero-order valence-corrected chi connectivity index (χ0v) is 16.8. The maximum atomic E-state index is 13.0. The number of nitrogens with one attached hydrogen (secondary N) is 1. The largest absolute Gasteiger partial charge is 0.464 e. The summed E-state index contributed by atoms with van der Waals surface area (Å²) in [5.74, 6) is -0.361. The Morgan fingerprint density at radius 1 is 1.41 bits per heavy atom. The van der Waals surface area contributed by atoms with Gasteiger partial charge in [-0.1, -0.05) is 17.7 Å². The number of fused-ring (bicyclic) bond motifs is 1. The second-order valence-corrected chi connectivity index (χ2v) is 8.47. The molecule has 7 nitrogen and oxygen atoms in total. The van der Waals surface area contributed by atoms with E-state index in [4.69, 9.17) is 16.3 Å². The molecule has 0 saturated heterocycles. The Bertz CT molecular complexity index is 994. The zero-order valence-electron chi connectivity index (χ0n) is 15.2. The predicted octanol–water partition coefficient (Wildman–Crippen LogP) is 2.77.